The van der Waals surface area contributed by atoms with Crippen LogP contribution in [-0.4, -0.2) is 23.9 Å². The number of amides is 1. The number of carbonyl (C=O) groups is 1. The third kappa shape index (κ3) is 3.97. The molecule has 0 aliphatic heterocycles. The minimum Gasteiger partial charge on any atom is -0.343 e. The summed E-state index contributed by atoms with van der Waals surface area (Å²) < 4.78 is 0. The highest BCUT2D eigenvalue weighted by molar-refractivity contribution is 5.79. The lowest BCUT2D eigenvalue weighted by molar-refractivity contribution is -0.139. The fourth-order valence-electron chi connectivity index (χ4n) is 3.79. The van der Waals surface area contributed by atoms with E-state index >= 15 is 0 Å². The van der Waals surface area contributed by atoms with E-state index in [0.717, 1.165) is 18.8 Å². The summed E-state index contributed by atoms with van der Waals surface area (Å²) >= 11 is 0. The van der Waals surface area contributed by atoms with Crippen LogP contribution in [0.3, 0.4) is 0 Å². The molecule has 2 rings (SSSR count). The summed E-state index contributed by atoms with van der Waals surface area (Å²) in [7, 11) is 2.05. The van der Waals surface area contributed by atoms with Crippen molar-refractivity contribution in [3.8, 4) is 0 Å². The predicted molar refractivity (Wildman–Crippen MR) is 79.9 cm³/mol. The Morgan fingerprint density at radius 3 is 2.26 bits per heavy atom. The standard InChI is InChI=1S/C17H31NO/c1-17(2,3)12-13-7-5-10-15(11-13)18(4)16(19)14-8-6-9-14/h13-15H,5-12H2,1-4H3. The first-order chi connectivity index (χ1) is 8.87. The van der Waals surface area contributed by atoms with Crippen molar-refractivity contribution in [1.29, 1.82) is 0 Å². The molecule has 110 valence electrons. The Hall–Kier alpha value is -0.530. The third-order valence-corrected chi connectivity index (χ3v) is 5.01. The van der Waals surface area contributed by atoms with Crippen LogP contribution in [0.15, 0.2) is 0 Å². The number of nitrogens with zero attached hydrogens (tertiary/aromatic N) is 1. The second kappa shape index (κ2) is 5.85. The Labute approximate surface area is 118 Å². The van der Waals surface area contributed by atoms with Gasteiger partial charge >= 0.3 is 0 Å². The number of carbonyl (C=O) groups excluding carboxylic acids is 1. The summed E-state index contributed by atoms with van der Waals surface area (Å²) in [5.41, 5.74) is 0.420. The minimum absolute atomic E-state index is 0.355. The van der Waals surface area contributed by atoms with E-state index in [1.165, 1.54) is 38.5 Å². The molecule has 0 spiro atoms. The van der Waals surface area contributed by atoms with E-state index in [1.54, 1.807) is 0 Å². The molecule has 0 saturated heterocycles. The van der Waals surface area contributed by atoms with Gasteiger partial charge in [-0.15, -0.1) is 0 Å². The van der Waals surface area contributed by atoms with Crippen molar-refractivity contribution >= 4 is 5.91 Å². The third-order valence-electron chi connectivity index (χ3n) is 5.01. The molecular weight excluding hydrogens is 234 g/mol. The molecule has 19 heavy (non-hydrogen) atoms. The van der Waals surface area contributed by atoms with Crippen LogP contribution in [0.1, 0.15) is 72.1 Å². The smallest absolute Gasteiger partial charge is 0.225 e. The lowest BCUT2D eigenvalue weighted by Crippen LogP contribution is -2.44. The van der Waals surface area contributed by atoms with E-state index in [0.29, 0.717) is 23.3 Å². The van der Waals surface area contributed by atoms with Crippen LogP contribution < -0.4 is 0 Å². The Morgan fingerprint density at radius 1 is 1.11 bits per heavy atom. The largest absolute Gasteiger partial charge is 0.343 e. The average Bonchev–Trinajstić information content (AvgIpc) is 2.23. The number of rotatable bonds is 3. The second-order valence-corrected chi connectivity index (χ2v) is 8.03. The zero-order valence-electron chi connectivity index (χ0n) is 13.2. The maximum atomic E-state index is 12.3. The SMILES string of the molecule is CN(C(=O)C1CCC1)C1CCCC(CC(C)(C)C)C1. The molecule has 2 unspecified atom stereocenters. The lowest BCUT2D eigenvalue weighted by Gasteiger charge is -2.40. The highest BCUT2D eigenvalue weighted by atomic mass is 16.2. The van der Waals surface area contributed by atoms with Crippen LogP contribution >= 0.6 is 0 Å². The fourth-order valence-corrected chi connectivity index (χ4v) is 3.79. The predicted octanol–water partition coefficient (Wildman–Crippen LogP) is 4.24. The first-order valence-corrected chi connectivity index (χ1v) is 8.13. The molecule has 2 aliphatic rings. The first-order valence-electron chi connectivity index (χ1n) is 8.13. The Kier molecular flexibility index (Phi) is 4.58. The van der Waals surface area contributed by atoms with Gasteiger partial charge in [-0.3, -0.25) is 4.79 Å². The van der Waals surface area contributed by atoms with Crippen molar-refractivity contribution in [3.05, 3.63) is 0 Å². The van der Waals surface area contributed by atoms with E-state index < -0.39 is 0 Å². The van der Waals surface area contributed by atoms with Gasteiger partial charge in [0.15, 0.2) is 0 Å². The normalized spacial score (nSPS) is 28.8. The van der Waals surface area contributed by atoms with E-state index in [1.807, 2.05) is 7.05 Å². The monoisotopic (exact) mass is 265 g/mol. The van der Waals surface area contributed by atoms with Gasteiger partial charge in [-0.1, -0.05) is 40.0 Å². The van der Waals surface area contributed by atoms with Gasteiger partial charge in [-0.05, 0) is 43.4 Å². The van der Waals surface area contributed by atoms with E-state index in [4.69, 9.17) is 0 Å². The van der Waals surface area contributed by atoms with Crippen LogP contribution in [0.4, 0.5) is 0 Å². The number of hydrogen-bond donors (Lipinski definition) is 0. The highest BCUT2D eigenvalue weighted by Crippen LogP contribution is 2.37. The summed E-state index contributed by atoms with van der Waals surface area (Å²) in [6.07, 6.45) is 9.91. The molecule has 0 aromatic carbocycles. The molecule has 1 amide bonds. The molecule has 2 nitrogen and oxygen atoms in total. The van der Waals surface area contributed by atoms with Crippen LogP contribution in [0, 0.1) is 17.3 Å². The van der Waals surface area contributed by atoms with Gasteiger partial charge in [0.05, 0.1) is 0 Å². The zero-order chi connectivity index (χ0) is 14.0. The average molecular weight is 265 g/mol. The van der Waals surface area contributed by atoms with Gasteiger partial charge < -0.3 is 4.90 Å². The van der Waals surface area contributed by atoms with Crippen LogP contribution in [0.25, 0.3) is 0 Å². The van der Waals surface area contributed by atoms with Crippen LogP contribution in [0.5, 0.6) is 0 Å². The maximum Gasteiger partial charge on any atom is 0.225 e. The fraction of sp³-hybridized carbons (Fsp3) is 0.941. The van der Waals surface area contributed by atoms with Crippen molar-refractivity contribution < 1.29 is 4.79 Å². The van der Waals surface area contributed by atoms with E-state index in [-0.39, 0.29) is 0 Å². The second-order valence-electron chi connectivity index (χ2n) is 8.03. The molecule has 0 heterocycles. The summed E-state index contributed by atoms with van der Waals surface area (Å²) in [5, 5.41) is 0. The molecule has 0 bridgehead atoms. The molecule has 2 atom stereocenters. The van der Waals surface area contributed by atoms with Crippen LogP contribution in [-0.2, 0) is 4.79 Å². The highest BCUT2D eigenvalue weighted by Gasteiger charge is 2.34. The zero-order valence-corrected chi connectivity index (χ0v) is 13.2. The van der Waals surface area contributed by atoms with Gasteiger partial charge in [-0.2, -0.15) is 0 Å². The van der Waals surface area contributed by atoms with Gasteiger partial charge in [-0.25, -0.2) is 0 Å². The number of hydrogen-bond acceptors (Lipinski definition) is 1. The Balaban J connectivity index is 1.87. The molecule has 0 N–H and O–H groups in total. The molecule has 2 saturated carbocycles. The molecule has 0 aromatic rings. The van der Waals surface area contributed by atoms with Gasteiger partial charge in [0.2, 0.25) is 5.91 Å². The Morgan fingerprint density at radius 2 is 1.74 bits per heavy atom. The summed E-state index contributed by atoms with van der Waals surface area (Å²) in [6.45, 7) is 7.00. The summed E-state index contributed by atoms with van der Waals surface area (Å²) in [5.74, 6) is 1.59. The van der Waals surface area contributed by atoms with E-state index in [9.17, 15) is 4.79 Å². The van der Waals surface area contributed by atoms with Gasteiger partial charge in [0, 0.05) is 19.0 Å². The van der Waals surface area contributed by atoms with Gasteiger partial charge in [0.25, 0.3) is 0 Å². The molecule has 2 fully saturated rings. The van der Waals surface area contributed by atoms with Crippen molar-refractivity contribution in [2.75, 3.05) is 7.05 Å². The van der Waals surface area contributed by atoms with E-state index in [2.05, 4.69) is 25.7 Å². The summed E-state index contributed by atoms with van der Waals surface area (Å²) in [4.78, 5) is 14.4. The molecular formula is C17H31NO. The lowest BCUT2D eigenvalue weighted by atomic mass is 9.75. The van der Waals surface area contributed by atoms with Gasteiger partial charge in [0.1, 0.15) is 0 Å². The molecule has 2 heteroatoms. The van der Waals surface area contributed by atoms with Crippen molar-refractivity contribution in [2.45, 2.75) is 78.2 Å². The molecule has 2 aliphatic carbocycles. The quantitative estimate of drug-likeness (QED) is 0.747. The molecule has 0 radical (unpaired) electrons. The van der Waals surface area contributed by atoms with Crippen molar-refractivity contribution in [1.82, 2.24) is 4.90 Å². The van der Waals surface area contributed by atoms with Crippen molar-refractivity contribution in [3.63, 3.8) is 0 Å². The summed E-state index contributed by atoms with van der Waals surface area (Å²) in [6, 6.07) is 0.509. The van der Waals surface area contributed by atoms with Crippen molar-refractivity contribution in [2.24, 2.45) is 17.3 Å². The Bertz CT molecular complexity index is 314. The topological polar surface area (TPSA) is 20.3 Å². The first kappa shape index (κ1) is 14.9. The maximum absolute atomic E-state index is 12.3. The molecule has 0 aromatic heterocycles. The minimum atomic E-state index is 0.355. The van der Waals surface area contributed by atoms with Crippen LogP contribution in [0.2, 0.25) is 0 Å².